The molecule has 0 aliphatic heterocycles. The van der Waals surface area contributed by atoms with Gasteiger partial charge in [-0.25, -0.2) is 9.97 Å². The van der Waals surface area contributed by atoms with Gasteiger partial charge in [0, 0.05) is 23.3 Å². The first kappa shape index (κ1) is 17.2. The lowest BCUT2D eigenvalue weighted by molar-refractivity contribution is 0.456. The molecule has 0 aliphatic carbocycles. The fourth-order valence-electron chi connectivity index (χ4n) is 2.44. The first-order valence-corrected chi connectivity index (χ1v) is 9.77. The van der Waals surface area contributed by atoms with E-state index in [0.29, 0.717) is 9.75 Å². The van der Waals surface area contributed by atoms with Crippen molar-refractivity contribution in [2.24, 2.45) is 0 Å². The molecule has 4 aromatic rings. The van der Waals surface area contributed by atoms with Crippen LogP contribution in [0.3, 0.4) is 0 Å². The maximum absolute atomic E-state index is 10.1. The first-order valence-electron chi connectivity index (χ1n) is 8.13. The highest BCUT2D eigenvalue weighted by atomic mass is 32.1. The van der Waals surface area contributed by atoms with E-state index in [1.165, 1.54) is 22.7 Å². The number of thiazole rings is 2. The van der Waals surface area contributed by atoms with Crippen LogP contribution in [-0.2, 0) is 0 Å². The fraction of sp³-hybridized carbons (Fsp3) is 0. The van der Waals surface area contributed by atoms with Crippen molar-refractivity contribution in [2.45, 2.75) is 0 Å². The average Bonchev–Trinajstić information content (AvgIpc) is 3.26. The summed E-state index contributed by atoms with van der Waals surface area (Å²) in [6.07, 6.45) is 3.31. The van der Waals surface area contributed by atoms with Crippen LogP contribution in [0.2, 0.25) is 0 Å². The minimum Gasteiger partial charge on any atom is -0.492 e. The third-order valence-electron chi connectivity index (χ3n) is 3.74. The summed E-state index contributed by atoms with van der Waals surface area (Å²) in [6, 6.07) is 19.4. The van der Waals surface area contributed by atoms with Crippen LogP contribution < -0.4 is 0 Å². The zero-order chi connectivity index (χ0) is 18.6. The summed E-state index contributed by atoms with van der Waals surface area (Å²) in [5.74, 6) is -0.0588. The summed E-state index contributed by atoms with van der Waals surface area (Å²) in [4.78, 5) is 9.61. The van der Waals surface area contributed by atoms with Gasteiger partial charge in [-0.15, -0.1) is 28.4 Å². The van der Waals surface area contributed by atoms with Gasteiger partial charge in [0.1, 0.15) is 10.0 Å². The molecule has 2 aromatic carbocycles. The predicted octanol–water partition coefficient (Wildman–Crippen LogP) is 5.67. The number of nitrogens with zero attached hydrogens (tertiary/aromatic N) is 2. The van der Waals surface area contributed by atoms with Crippen molar-refractivity contribution in [2.75, 3.05) is 0 Å². The molecule has 0 saturated carbocycles. The van der Waals surface area contributed by atoms with Gasteiger partial charge in [-0.05, 0) is 0 Å². The Kier molecular flexibility index (Phi) is 4.85. The second-order valence-corrected chi connectivity index (χ2v) is 7.66. The monoisotopic (exact) mass is 390 g/mol. The molecule has 2 heterocycles. The van der Waals surface area contributed by atoms with Crippen LogP contribution in [0.1, 0.15) is 9.75 Å². The molecule has 4 rings (SSSR count). The molecule has 6 heteroatoms. The van der Waals surface area contributed by atoms with Crippen LogP contribution in [0.4, 0.5) is 0 Å². The standard InChI is InChI=1S/C21H14N2O2S2/c24-18-16(26-20(22-18)14-8-3-1-4-9-14)12-7-13-17-19(25)23-21(27-17)15-10-5-2-6-11-15/h1-6,8-13,24-25H. The zero-order valence-electron chi connectivity index (χ0n) is 14.0. The van der Waals surface area contributed by atoms with Crippen molar-refractivity contribution < 1.29 is 10.2 Å². The molecule has 27 heavy (non-hydrogen) atoms. The second-order valence-electron chi connectivity index (χ2n) is 5.60. The van der Waals surface area contributed by atoms with E-state index >= 15 is 0 Å². The predicted molar refractivity (Wildman–Crippen MR) is 111 cm³/mol. The molecule has 2 N–H and O–H groups in total. The van der Waals surface area contributed by atoms with Gasteiger partial charge in [0.25, 0.3) is 0 Å². The Morgan fingerprint density at radius 1 is 0.667 bits per heavy atom. The molecule has 0 spiro atoms. The van der Waals surface area contributed by atoms with Gasteiger partial charge in [-0.3, -0.25) is 0 Å². The SMILES string of the molecule is Oc1nc(-c2ccccc2)sc1C=C=Cc1sc(-c2ccccc2)nc1O. The fourth-order valence-corrected chi connectivity index (χ4v) is 4.15. The Morgan fingerprint density at radius 2 is 1.07 bits per heavy atom. The van der Waals surface area contributed by atoms with Crippen LogP contribution in [0.5, 0.6) is 11.8 Å². The van der Waals surface area contributed by atoms with Gasteiger partial charge in [-0.2, -0.15) is 0 Å². The first-order chi connectivity index (χ1) is 13.2. The minimum absolute atomic E-state index is 0.0294. The summed E-state index contributed by atoms with van der Waals surface area (Å²) in [5.41, 5.74) is 4.91. The van der Waals surface area contributed by atoms with Crippen molar-refractivity contribution in [1.82, 2.24) is 9.97 Å². The van der Waals surface area contributed by atoms with Crippen molar-refractivity contribution >= 4 is 34.8 Å². The quantitative estimate of drug-likeness (QED) is 0.441. The van der Waals surface area contributed by atoms with Crippen LogP contribution in [-0.4, -0.2) is 20.2 Å². The van der Waals surface area contributed by atoms with Crippen molar-refractivity contribution in [3.8, 4) is 32.9 Å². The van der Waals surface area contributed by atoms with Gasteiger partial charge in [0.15, 0.2) is 0 Å². The molecule has 0 amide bonds. The third kappa shape index (κ3) is 3.83. The van der Waals surface area contributed by atoms with Crippen LogP contribution in [0.15, 0.2) is 66.4 Å². The van der Waals surface area contributed by atoms with Crippen LogP contribution in [0, 0.1) is 0 Å². The molecular weight excluding hydrogens is 376 g/mol. The summed E-state index contributed by atoms with van der Waals surface area (Å²) in [7, 11) is 0. The number of hydrogen-bond donors (Lipinski definition) is 2. The van der Waals surface area contributed by atoms with Crippen molar-refractivity contribution in [3.63, 3.8) is 0 Å². The highest BCUT2D eigenvalue weighted by Crippen LogP contribution is 2.34. The van der Waals surface area contributed by atoms with Gasteiger partial charge < -0.3 is 10.2 Å². The Balaban J connectivity index is 1.60. The molecule has 0 radical (unpaired) electrons. The topological polar surface area (TPSA) is 66.2 Å². The molecular formula is C21H14N2O2S2. The van der Waals surface area contributed by atoms with E-state index in [1.54, 1.807) is 12.2 Å². The highest BCUT2D eigenvalue weighted by Gasteiger charge is 2.10. The summed E-state index contributed by atoms with van der Waals surface area (Å²) < 4.78 is 0. The molecule has 2 aromatic heterocycles. The van der Waals surface area contributed by atoms with E-state index in [9.17, 15) is 10.2 Å². The summed E-state index contributed by atoms with van der Waals surface area (Å²) >= 11 is 2.76. The largest absolute Gasteiger partial charge is 0.492 e. The van der Waals surface area contributed by atoms with Gasteiger partial charge >= 0.3 is 0 Å². The van der Waals surface area contributed by atoms with Crippen LogP contribution in [0.25, 0.3) is 33.3 Å². The second kappa shape index (κ2) is 7.60. The molecule has 4 nitrogen and oxygen atoms in total. The smallest absolute Gasteiger partial charge is 0.230 e. The Morgan fingerprint density at radius 3 is 1.48 bits per heavy atom. The third-order valence-corrected chi connectivity index (χ3v) is 5.82. The van der Waals surface area contributed by atoms with Gasteiger partial charge in [-0.1, -0.05) is 60.7 Å². The minimum atomic E-state index is -0.0294. The maximum Gasteiger partial charge on any atom is 0.230 e. The molecule has 132 valence electrons. The number of benzene rings is 2. The number of hydrogen-bond acceptors (Lipinski definition) is 6. The normalized spacial score (nSPS) is 10.4. The number of rotatable bonds is 4. The van der Waals surface area contributed by atoms with Gasteiger partial charge in [0.2, 0.25) is 11.8 Å². The molecule has 0 bridgehead atoms. The lowest BCUT2D eigenvalue weighted by Crippen LogP contribution is -1.72. The van der Waals surface area contributed by atoms with Crippen molar-refractivity contribution in [3.05, 3.63) is 76.1 Å². The van der Waals surface area contributed by atoms with Gasteiger partial charge in [0.05, 0.1) is 9.75 Å². The Bertz CT molecular complexity index is 1040. The molecule has 0 unspecified atom stereocenters. The van der Waals surface area contributed by atoms with E-state index in [1.807, 2.05) is 60.7 Å². The van der Waals surface area contributed by atoms with E-state index in [0.717, 1.165) is 21.1 Å². The summed E-state index contributed by atoms with van der Waals surface area (Å²) in [5, 5.41) is 21.6. The van der Waals surface area contributed by atoms with E-state index in [4.69, 9.17) is 0 Å². The van der Waals surface area contributed by atoms with E-state index in [-0.39, 0.29) is 11.8 Å². The Hall–Kier alpha value is -3.18. The summed E-state index contributed by atoms with van der Waals surface area (Å²) in [6.45, 7) is 0. The van der Waals surface area contributed by atoms with E-state index in [2.05, 4.69) is 15.7 Å². The number of aromatic nitrogens is 2. The molecule has 0 fully saturated rings. The zero-order valence-corrected chi connectivity index (χ0v) is 15.7. The lowest BCUT2D eigenvalue weighted by atomic mass is 10.2. The lowest BCUT2D eigenvalue weighted by Gasteiger charge is -1.92. The number of aromatic hydroxyl groups is 2. The average molecular weight is 390 g/mol. The molecule has 0 aliphatic rings. The van der Waals surface area contributed by atoms with Crippen molar-refractivity contribution in [1.29, 1.82) is 0 Å². The Labute approximate surface area is 164 Å². The molecule has 0 atom stereocenters. The maximum atomic E-state index is 10.1. The highest BCUT2D eigenvalue weighted by molar-refractivity contribution is 7.16. The molecule has 0 saturated heterocycles. The van der Waals surface area contributed by atoms with E-state index < -0.39 is 0 Å². The van der Waals surface area contributed by atoms with Crippen LogP contribution >= 0.6 is 22.7 Å².